The van der Waals surface area contributed by atoms with Crippen molar-refractivity contribution < 1.29 is 19.1 Å². The molecular formula is C21H21N3O4S. The highest BCUT2D eigenvalue weighted by Crippen LogP contribution is 2.52. The van der Waals surface area contributed by atoms with Gasteiger partial charge in [0.15, 0.2) is 5.13 Å². The van der Waals surface area contributed by atoms with Gasteiger partial charge in [-0.15, -0.1) is 11.3 Å². The number of likely N-dealkylation sites (tertiary alicyclic amines) is 1. The molecule has 4 atom stereocenters. The van der Waals surface area contributed by atoms with Crippen molar-refractivity contribution >= 4 is 28.3 Å². The van der Waals surface area contributed by atoms with Crippen LogP contribution in [0.1, 0.15) is 6.92 Å². The lowest BCUT2D eigenvalue weighted by Crippen LogP contribution is -2.41. The van der Waals surface area contributed by atoms with Gasteiger partial charge in [-0.3, -0.25) is 9.59 Å². The molecule has 2 saturated heterocycles. The summed E-state index contributed by atoms with van der Waals surface area (Å²) in [4.78, 5) is 32.2. The average molecular weight is 411 g/mol. The standard InChI is InChI=1S/C21H21N3O4S/c1-3-24-11-21-9-8-15(28-21)16(17(21)19(24)26)18(25)23-20-22-13(10-29-20)12-6-4-5-7-14(12)27-2/h4-10,15-17H,3,11H2,1-2H3,(H,22,23,25). The van der Waals surface area contributed by atoms with E-state index >= 15 is 0 Å². The van der Waals surface area contributed by atoms with E-state index in [0.29, 0.717) is 18.2 Å². The predicted molar refractivity (Wildman–Crippen MR) is 109 cm³/mol. The van der Waals surface area contributed by atoms with Gasteiger partial charge in [0, 0.05) is 17.5 Å². The first-order valence-corrected chi connectivity index (χ1v) is 10.5. The molecule has 1 aromatic heterocycles. The first kappa shape index (κ1) is 18.3. The van der Waals surface area contributed by atoms with Crippen molar-refractivity contribution in [2.24, 2.45) is 11.8 Å². The van der Waals surface area contributed by atoms with Crippen LogP contribution >= 0.6 is 11.3 Å². The normalized spacial score (nSPS) is 29.4. The Bertz CT molecular complexity index is 1020. The molecular weight excluding hydrogens is 390 g/mol. The van der Waals surface area contributed by atoms with Crippen LogP contribution in [-0.4, -0.2) is 53.6 Å². The van der Waals surface area contributed by atoms with Gasteiger partial charge in [0.25, 0.3) is 0 Å². The number of hydrogen-bond acceptors (Lipinski definition) is 6. The number of anilines is 1. The van der Waals surface area contributed by atoms with Crippen molar-refractivity contribution in [1.29, 1.82) is 0 Å². The topological polar surface area (TPSA) is 80.8 Å². The fraction of sp³-hybridized carbons (Fsp3) is 0.381. The molecule has 0 aliphatic carbocycles. The molecule has 3 aliphatic heterocycles. The van der Waals surface area contributed by atoms with Crippen LogP contribution in [0.15, 0.2) is 41.8 Å². The highest BCUT2D eigenvalue weighted by molar-refractivity contribution is 7.14. The van der Waals surface area contributed by atoms with Gasteiger partial charge in [-0.25, -0.2) is 4.98 Å². The summed E-state index contributed by atoms with van der Waals surface area (Å²) in [5, 5.41) is 5.28. The maximum absolute atomic E-state index is 13.1. The summed E-state index contributed by atoms with van der Waals surface area (Å²) in [6, 6.07) is 7.61. The van der Waals surface area contributed by atoms with Gasteiger partial charge in [0.2, 0.25) is 11.8 Å². The first-order chi connectivity index (χ1) is 14.1. The SMILES string of the molecule is CCN1CC23C=CC(O2)C(C(=O)Nc2nc(-c4ccccc4OC)cs2)C3C1=O. The molecule has 4 unspecified atom stereocenters. The minimum absolute atomic E-state index is 0.00616. The second kappa shape index (κ2) is 6.67. The molecule has 4 heterocycles. The Morgan fingerprint density at radius 2 is 2.28 bits per heavy atom. The number of carbonyl (C=O) groups is 2. The van der Waals surface area contributed by atoms with Crippen LogP contribution in [0, 0.1) is 11.8 Å². The third kappa shape index (κ3) is 2.70. The zero-order valence-corrected chi connectivity index (χ0v) is 16.9. The molecule has 0 saturated carbocycles. The highest BCUT2D eigenvalue weighted by Gasteiger charge is 2.66. The van der Waals surface area contributed by atoms with Crippen LogP contribution in [0.3, 0.4) is 0 Å². The molecule has 2 amide bonds. The van der Waals surface area contributed by atoms with E-state index in [0.717, 1.165) is 17.0 Å². The Labute approximate surface area is 172 Å². The van der Waals surface area contributed by atoms with E-state index in [4.69, 9.17) is 9.47 Å². The lowest BCUT2D eigenvalue weighted by Gasteiger charge is -2.23. The molecule has 1 spiro atoms. The largest absolute Gasteiger partial charge is 0.496 e. The van der Waals surface area contributed by atoms with Crippen LogP contribution in [-0.2, 0) is 14.3 Å². The molecule has 150 valence electrons. The van der Waals surface area contributed by atoms with E-state index in [1.54, 1.807) is 12.0 Å². The van der Waals surface area contributed by atoms with Crippen molar-refractivity contribution in [2.45, 2.75) is 18.6 Å². The molecule has 3 aliphatic rings. The maximum atomic E-state index is 13.1. The van der Waals surface area contributed by atoms with Crippen molar-refractivity contribution in [1.82, 2.24) is 9.88 Å². The van der Waals surface area contributed by atoms with Crippen molar-refractivity contribution in [2.75, 3.05) is 25.5 Å². The number of carbonyl (C=O) groups excluding carboxylic acids is 2. The number of para-hydroxylation sites is 1. The highest BCUT2D eigenvalue weighted by atomic mass is 32.1. The Hall–Kier alpha value is -2.71. The van der Waals surface area contributed by atoms with E-state index in [-0.39, 0.29) is 17.9 Å². The fourth-order valence-electron chi connectivity index (χ4n) is 4.65. The van der Waals surface area contributed by atoms with Crippen LogP contribution in [0.2, 0.25) is 0 Å². The summed E-state index contributed by atoms with van der Waals surface area (Å²) in [6.07, 6.45) is 3.51. The molecule has 5 rings (SSSR count). The lowest BCUT2D eigenvalue weighted by molar-refractivity contribution is -0.135. The van der Waals surface area contributed by atoms with Crippen molar-refractivity contribution in [3.05, 3.63) is 41.8 Å². The third-order valence-electron chi connectivity index (χ3n) is 5.98. The Balaban J connectivity index is 1.37. The van der Waals surface area contributed by atoms with Crippen LogP contribution in [0.5, 0.6) is 5.75 Å². The number of aromatic nitrogens is 1. The number of thiazole rings is 1. The smallest absolute Gasteiger partial charge is 0.233 e. The maximum Gasteiger partial charge on any atom is 0.233 e. The number of hydrogen-bond donors (Lipinski definition) is 1. The van der Waals surface area contributed by atoms with Crippen molar-refractivity contribution in [3.8, 4) is 17.0 Å². The summed E-state index contributed by atoms with van der Waals surface area (Å²) in [5.41, 5.74) is 0.935. The molecule has 2 aromatic rings. The van der Waals surface area contributed by atoms with Crippen LogP contribution in [0.25, 0.3) is 11.3 Å². The second-order valence-electron chi connectivity index (χ2n) is 7.48. The number of likely N-dealkylation sites (N-methyl/N-ethyl adjacent to an activating group) is 1. The monoisotopic (exact) mass is 411 g/mol. The molecule has 29 heavy (non-hydrogen) atoms. The van der Waals surface area contributed by atoms with Gasteiger partial charge in [-0.05, 0) is 19.1 Å². The minimum atomic E-state index is -0.661. The number of benzene rings is 1. The van der Waals surface area contributed by atoms with Gasteiger partial charge in [0.1, 0.15) is 11.4 Å². The lowest BCUT2D eigenvalue weighted by atomic mass is 9.77. The number of ether oxygens (including phenoxy) is 2. The van der Waals surface area contributed by atoms with E-state index in [2.05, 4.69) is 10.3 Å². The number of nitrogens with one attached hydrogen (secondary N) is 1. The van der Waals surface area contributed by atoms with Gasteiger partial charge in [-0.1, -0.05) is 24.3 Å². The number of methoxy groups -OCH3 is 1. The van der Waals surface area contributed by atoms with E-state index in [1.807, 2.05) is 48.7 Å². The van der Waals surface area contributed by atoms with Crippen molar-refractivity contribution in [3.63, 3.8) is 0 Å². The van der Waals surface area contributed by atoms with E-state index in [1.165, 1.54) is 11.3 Å². The summed E-state index contributed by atoms with van der Waals surface area (Å²) >= 11 is 1.35. The summed E-state index contributed by atoms with van der Waals surface area (Å²) in [5.74, 6) is -0.513. The molecule has 2 bridgehead atoms. The zero-order chi connectivity index (χ0) is 20.2. The zero-order valence-electron chi connectivity index (χ0n) is 16.1. The van der Waals surface area contributed by atoms with Crippen LogP contribution in [0.4, 0.5) is 5.13 Å². The van der Waals surface area contributed by atoms with Gasteiger partial charge in [0.05, 0.1) is 37.3 Å². The Kier molecular flexibility index (Phi) is 4.22. The summed E-state index contributed by atoms with van der Waals surface area (Å²) in [7, 11) is 1.62. The molecule has 1 N–H and O–H groups in total. The van der Waals surface area contributed by atoms with E-state index in [9.17, 15) is 9.59 Å². The van der Waals surface area contributed by atoms with Crippen LogP contribution < -0.4 is 10.1 Å². The number of nitrogens with zero attached hydrogens (tertiary/aromatic N) is 2. The van der Waals surface area contributed by atoms with Gasteiger partial charge < -0.3 is 19.7 Å². The third-order valence-corrected chi connectivity index (χ3v) is 6.74. The number of rotatable bonds is 5. The summed E-state index contributed by atoms with van der Waals surface area (Å²) < 4.78 is 11.5. The fourth-order valence-corrected chi connectivity index (χ4v) is 5.36. The van der Waals surface area contributed by atoms with Gasteiger partial charge >= 0.3 is 0 Å². The van der Waals surface area contributed by atoms with Gasteiger partial charge in [-0.2, -0.15) is 0 Å². The Morgan fingerprint density at radius 3 is 3.07 bits per heavy atom. The molecule has 8 heteroatoms. The minimum Gasteiger partial charge on any atom is -0.496 e. The van der Waals surface area contributed by atoms with E-state index < -0.39 is 17.4 Å². The number of amides is 2. The molecule has 1 aromatic carbocycles. The summed E-state index contributed by atoms with van der Waals surface area (Å²) in [6.45, 7) is 3.07. The first-order valence-electron chi connectivity index (χ1n) is 9.62. The molecule has 2 fully saturated rings. The second-order valence-corrected chi connectivity index (χ2v) is 8.34. The quantitative estimate of drug-likeness (QED) is 0.765. The predicted octanol–water partition coefficient (Wildman–Crippen LogP) is 2.56. The number of fused-ring (bicyclic) bond motifs is 1. The molecule has 0 radical (unpaired) electrons. The average Bonchev–Trinajstić information content (AvgIpc) is 3.49. The Morgan fingerprint density at radius 1 is 1.45 bits per heavy atom. The molecule has 7 nitrogen and oxygen atoms in total.